The van der Waals surface area contributed by atoms with Gasteiger partial charge in [0.2, 0.25) is 0 Å². The molecule has 3 amide bonds. The molecule has 0 aromatic heterocycles. The quantitative estimate of drug-likeness (QED) is 0.460. The van der Waals surface area contributed by atoms with Crippen LogP contribution in [-0.4, -0.2) is 53.5 Å². The van der Waals surface area contributed by atoms with E-state index in [0.717, 1.165) is 27.2 Å². The lowest BCUT2D eigenvalue weighted by Gasteiger charge is -2.29. The van der Waals surface area contributed by atoms with Gasteiger partial charge in [-0.05, 0) is 40.3 Å². The molecule has 1 heterocycles. The number of likely N-dealkylation sites (N-methyl/N-ethyl adjacent to an activating group) is 1. The molecular weight excluding hydrogens is 472 g/mol. The number of amides is 3. The molecule has 1 atom stereocenters. The molecule has 0 fully saturated rings. The molecule has 0 saturated heterocycles. The summed E-state index contributed by atoms with van der Waals surface area (Å²) in [4.78, 5) is 57.8. The van der Waals surface area contributed by atoms with Crippen molar-refractivity contribution in [2.24, 2.45) is 5.92 Å². The predicted octanol–water partition coefficient (Wildman–Crippen LogP) is 4.65. The van der Waals surface area contributed by atoms with E-state index >= 15 is 0 Å². The number of ether oxygens (including phenoxy) is 1. The summed E-state index contributed by atoms with van der Waals surface area (Å²) >= 11 is 0. The van der Waals surface area contributed by atoms with Gasteiger partial charge in [-0.3, -0.25) is 14.5 Å². The summed E-state index contributed by atoms with van der Waals surface area (Å²) in [5.41, 5.74) is 4.68. The fraction of sp³-hybridized carbons (Fsp3) is 0.241. The number of fused-ring (bicyclic) bond motifs is 4. The minimum absolute atomic E-state index is 0.0927. The van der Waals surface area contributed by atoms with Crippen LogP contribution in [0.1, 0.15) is 51.6 Å². The summed E-state index contributed by atoms with van der Waals surface area (Å²) < 4.78 is 5.68. The van der Waals surface area contributed by atoms with Crippen LogP contribution < -0.4 is 0 Å². The molecule has 1 aliphatic carbocycles. The second-order valence-electron chi connectivity index (χ2n) is 9.46. The number of hydroxylamine groups is 2. The van der Waals surface area contributed by atoms with Gasteiger partial charge in [0.05, 0.1) is 11.1 Å². The summed E-state index contributed by atoms with van der Waals surface area (Å²) in [5, 5.41) is 0.452. The van der Waals surface area contributed by atoms with Crippen LogP contribution in [0.25, 0.3) is 11.1 Å². The van der Waals surface area contributed by atoms with E-state index in [0.29, 0.717) is 5.06 Å². The summed E-state index contributed by atoms with van der Waals surface area (Å²) in [6.07, 6.45) is -0.708. The SMILES string of the molecule is CC(C)[C@@H](C(=O)ON1C(=O)c2ccccc2C1=O)N(C)C(=O)OCC1c2ccccc2-c2ccccc21. The van der Waals surface area contributed by atoms with Gasteiger partial charge in [0.25, 0.3) is 11.8 Å². The largest absolute Gasteiger partial charge is 0.448 e. The van der Waals surface area contributed by atoms with E-state index < -0.39 is 29.9 Å². The zero-order chi connectivity index (χ0) is 26.3. The molecule has 8 heteroatoms. The molecule has 2 aliphatic rings. The Balaban J connectivity index is 1.28. The summed E-state index contributed by atoms with van der Waals surface area (Å²) in [6.45, 7) is 3.57. The lowest BCUT2D eigenvalue weighted by atomic mass is 9.98. The van der Waals surface area contributed by atoms with Gasteiger partial charge in [-0.15, -0.1) is 0 Å². The minimum Gasteiger partial charge on any atom is -0.448 e. The van der Waals surface area contributed by atoms with Crippen LogP contribution in [0.3, 0.4) is 0 Å². The third-order valence-electron chi connectivity index (χ3n) is 6.85. The van der Waals surface area contributed by atoms with Gasteiger partial charge in [0.1, 0.15) is 12.6 Å². The van der Waals surface area contributed by atoms with Crippen LogP contribution in [0.15, 0.2) is 72.8 Å². The van der Waals surface area contributed by atoms with E-state index in [1.165, 1.54) is 19.2 Å². The molecule has 0 unspecified atom stereocenters. The second kappa shape index (κ2) is 9.54. The molecule has 0 N–H and O–H groups in total. The van der Waals surface area contributed by atoms with Crippen molar-refractivity contribution >= 4 is 23.9 Å². The number of imide groups is 1. The first-order valence-corrected chi connectivity index (χ1v) is 12.1. The van der Waals surface area contributed by atoms with E-state index in [1.54, 1.807) is 26.0 Å². The van der Waals surface area contributed by atoms with Gasteiger partial charge in [0, 0.05) is 13.0 Å². The molecule has 188 valence electrons. The van der Waals surface area contributed by atoms with Crippen molar-refractivity contribution in [3.8, 4) is 11.1 Å². The van der Waals surface area contributed by atoms with E-state index in [1.807, 2.05) is 48.5 Å². The Bertz CT molecular complexity index is 1330. The lowest BCUT2D eigenvalue weighted by Crippen LogP contribution is -2.49. The van der Waals surface area contributed by atoms with Crippen LogP contribution in [-0.2, 0) is 14.4 Å². The third kappa shape index (κ3) is 4.14. The topological polar surface area (TPSA) is 93.2 Å². The van der Waals surface area contributed by atoms with Gasteiger partial charge in [-0.25, -0.2) is 9.59 Å². The van der Waals surface area contributed by atoms with Crippen molar-refractivity contribution in [3.05, 3.63) is 95.1 Å². The fourth-order valence-electron chi connectivity index (χ4n) is 5.08. The normalized spacial score (nSPS) is 14.8. The maximum Gasteiger partial charge on any atom is 0.410 e. The first-order valence-electron chi connectivity index (χ1n) is 12.1. The zero-order valence-electron chi connectivity index (χ0n) is 20.7. The molecule has 0 saturated carbocycles. The average molecular weight is 499 g/mol. The molecule has 3 aromatic rings. The number of carbonyl (C=O) groups is 4. The van der Waals surface area contributed by atoms with Crippen molar-refractivity contribution in [1.82, 2.24) is 9.96 Å². The summed E-state index contributed by atoms with van der Waals surface area (Å²) in [7, 11) is 1.44. The Morgan fingerprint density at radius 3 is 1.76 bits per heavy atom. The van der Waals surface area contributed by atoms with Gasteiger partial charge in [-0.1, -0.05) is 79.6 Å². The van der Waals surface area contributed by atoms with Gasteiger partial charge in [-0.2, -0.15) is 0 Å². The molecule has 0 radical (unpaired) electrons. The Morgan fingerprint density at radius 2 is 1.27 bits per heavy atom. The molecule has 0 bridgehead atoms. The van der Waals surface area contributed by atoms with Crippen molar-refractivity contribution in [2.45, 2.75) is 25.8 Å². The highest BCUT2D eigenvalue weighted by Gasteiger charge is 2.42. The molecule has 0 spiro atoms. The van der Waals surface area contributed by atoms with E-state index in [-0.39, 0.29) is 29.6 Å². The Hall–Kier alpha value is -4.46. The van der Waals surface area contributed by atoms with E-state index in [2.05, 4.69) is 0 Å². The number of rotatable bonds is 6. The maximum absolute atomic E-state index is 13.1. The highest BCUT2D eigenvalue weighted by molar-refractivity contribution is 6.21. The first-order chi connectivity index (χ1) is 17.8. The molecule has 8 nitrogen and oxygen atoms in total. The smallest absolute Gasteiger partial charge is 0.410 e. The third-order valence-corrected chi connectivity index (χ3v) is 6.85. The number of hydrogen-bond acceptors (Lipinski definition) is 6. The first kappa shape index (κ1) is 24.2. The fourth-order valence-corrected chi connectivity index (χ4v) is 5.08. The zero-order valence-corrected chi connectivity index (χ0v) is 20.7. The highest BCUT2D eigenvalue weighted by atomic mass is 16.7. The Kier molecular flexibility index (Phi) is 6.25. The molecule has 1 aliphatic heterocycles. The second-order valence-corrected chi connectivity index (χ2v) is 9.46. The van der Waals surface area contributed by atoms with Crippen LogP contribution in [0, 0.1) is 5.92 Å². The summed E-state index contributed by atoms with van der Waals surface area (Å²) in [5.74, 6) is -2.86. The van der Waals surface area contributed by atoms with Crippen molar-refractivity contribution in [2.75, 3.05) is 13.7 Å². The highest BCUT2D eigenvalue weighted by Crippen LogP contribution is 2.44. The van der Waals surface area contributed by atoms with Crippen molar-refractivity contribution in [1.29, 1.82) is 0 Å². The minimum atomic E-state index is -1.08. The number of hydrogen-bond donors (Lipinski definition) is 0. The molecule has 3 aromatic carbocycles. The van der Waals surface area contributed by atoms with Crippen LogP contribution in [0.5, 0.6) is 0 Å². The van der Waals surface area contributed by atoms with E-state index in [9.17, 15) is 19.2 Å². The van der Waals surface area contributed by atoms with Gasteiger partial charge in [0.15, 0.2) is 0 Å². The number of nitrogens with zero attached hydrogens (tertiary/aromatic N) is 2. The average Bonchev–Trinajstić information content (AvgIpc) is 3.34. The Morgan fingerprint density at radius 1 is 0.811 bits per heavy atom. The number of benzene rings is 3. The van der Waals surface area contributed by atoms with Crippen molar-refractivity contribution < 1.29 is 28.8 Å². The standard InChI is InChI=1S/C29H26N2O6/c1-17(2)25(28(34)37-31-26(32)22-14-8-9-15-23(22)27(31)33)30(3)29(35)36-16-24-20-12-6-4-10-18(20)19-11-5-7-13-21(19)24/h4-15,17,24-25H,16H2,1-3H3/t25-/m0/s1. The monoisotopic (exact) mass is 498 g/mol. The van der Waals surface area contributed by atoms with Gasteiger partial charge >= 0.3 is 12.1 Å². The lowest BCUT2D eigenvalue weighted by molar-refractivity contribution is -0.175. The maximum atomic E-state index is 13.1. The molecule has 37 heavy (non-hydrogen) atoms. The van der Waals surface area contributed by atoms with Crippen LogP contribution in [0.2, 0.25) is 0 Å². The summed E-state index contributed by atoms with van der Waals surface area (Å²) in [6, 6.07) is 21.1. The number of carbonyl (C=O) groups excluding carboxylic acids is 4. The van der Waals surface area contributed by atoms with Crippen molar-refractivity contribution in [3.63, 3.8) is 0 Å². The predicted molar refractivity (Wildman–Crippen MR) is 134 cm³/mol. The molecular formula is C29H26N2O6. The van der Waals surface area contributed by atoms with Gasteiger partial charge < -0.3 is 9.57 Å². The van der Waals surface area contributed by atoms with Crippen LogP contribution >= 0.6 is 0 Å². The van der Waals surface area contributed by atoms with E-state index in [4.69, 9.17) is 9.57 Å². The van der Waals surface area contributed by atoms with Crippen LogP contribution in [0.4, 0.5) is 4.79 Å². The molecule has 5 rings (SSSR count). The Labute approximate surface area is 214 Å².